The second-order valence-corrected chi connectivity index (χ2v) is 5.90. The zero-order valence-electron chi connectivity index (χ0n) is 15.0. The first-order chi connectivity index (χ1) is 12.5. The van der Waals surface area contributed by atoms with Crippen LogP contribution in [-0.2, 0) is 16.1 Å². The fourth-order valence-corrected chi connectivity index (χ4v) is 2.36. The summed E-state index contributed by atoms with van der Waals surface area (Å²) >= 11 is 0. The summed E-state index contributed by atoms with van der Waals surface area (Å²) in [6.07, 6.45) is 2.38. The van der Waals surface area contributed by atoms with Gasteiger partial charge in [0.25, 0.3) is 11.5 Å². The van der Waals surface area contributed by atoms with Crippen LogP contribution in [0.4, 0.5) is 5.69 Å². The zero-order chi connectivity index (χ0) is 18.9. The van der Waals surface area contributed by atoms with Crippen LogP contribution >= 0.6 is 0 Å². The van der Waals surface area contributed by atoms with Gasteiger partial charge >= 0.3 is 0 Å². The number of aromatic nitrogens is 1. The SMILES string of the molecule is COCCCNC(=O)c1ccc(NC(=O)Cn2cc(C)ccc2=O)cc1. The van der Waals surface area contributed by atoms with Crippen molar-refractivity contribution >= 4 is 17.5 Å². The van der Waals surface area contributed by atoms with Crippen LogP contribution in [0.25, 0.3) is 0 Å². The molecule has 7 heteroatoms. The Bertz CT molecular complexity index is 812. The molecular formula is C19H23N3O4. The summed E-state index contributed by atoms with van der Waals surface area (Å²) in [4.78, 5) is 35.8. The molecule has 0 aliphatic carbocycles. The Morgan fingerprint density at radius 1 is 1.12 bits per heavy atom. The lowest BCUT2D eigenvalue weighted by atomic mass is 10.2. The maximum Gasteiger partial charge on any atom is 0.251 e. The van der Waals surface area contributed by atoms with Crippen LogP contribution in [0.15, 0.2) is 47.4 Å². The number of hydrogen-bond acceptors (Lipinski definition) is 4. The van der Waals surface area contributed by atoms with Gasteiger partial charge in [-0.25, -0.2) is 0 Å². The van der Waals surface area contributed by atoms with Crippen LogP contribution in [0, 0.1) is 6.92 Å². The van der Waals surface area contributed by atoms with Crippen LogP contribution in [0.2, 0.25) is 0 Å². The van der Waals surface area contributed by atoms with Crippen LogP contribution < -0.4 is 16.2 Å². The first kappa shape index (κ1) is 19.4. The quantitative estimate of drug-likeness (QED) is 0.702. The molecule has 2 aromatic rings. The summed E-state index contributed by atoms with van der Waals surface area (Å²) in [6.45, 7) is 2.92. The third-order valence-electron chi connectivity index (χ3n) is 3.69. The molecule has 0 radical (unpaired) electrons. The summed E-state index contributed by atoms with van der Waals surface area (Å²) in [5.41, 5.74) is 1.74. The monoisotopic (exact) mass is 357 g/mol. The van der Waals surface area contributed by atoms with Crippen molar-refractivity contribution in [2.24, 2.45) is 0 Å². The third-order valence-corrected chi connectivity index (χ3v) is 3.69. The van der Waals surface area contributed by atoms with Gasteiger partial charge in [-0.1, -0.05) is 6.07 Å². The van der Waals surface area contributed by atoms with Crippen molar-refractivity contribution in [3.63, 3.8) is 0 Å². The maximum absolute atomic E-state index is 12.1. The molecular weight excluding hydrogens is 334 g/mol. The molecule has 2 N–H and O–H groups in total. The number of nitrogens with zero attached hydrogens (tertiary/aromatic N) is 1. The molecule has 0 spiro atoms. The third kappa shape index (κ3) is 5.86. The van der Waals surface area contributed by atoms with Gasteiger partial charge < -0.3 is 19.9 Å². The standard InChI is InChI=1S/C19H23N3O4/c1-14-4-9-18(24)22(12-14)13-17(23)21-16-7-5-15(6-8-16)19(25)20-10-3-11-26-2/h4-9,12H,3,10-11,13H2,1-2H3,(H,20,25)(H,21,23). The number of nitrogens with one attached hydrogen (secondary N) is 2. The predicted molar refractivity (Wildman–Crippen MR) is 99.3 cm³/mol. The predicted octanol–water partition coefficient (Wildman–Crippen LogP) is 1.56. The highest BCUT2D eigenvalue weighted by Gasteiger charge is 2.08. The minimum atomic E-state index is -0.311. The molecule has 138 valence electrons. The van der Waals surface area contributed by atoms with E-state index in [0.29, 0.717) is 24.4 Å². The van der Waals surface area contributed by atoms with E-state index >= 15 is 0 Å². The molecule has 0 saturated carbocycles. The molecule has 0 bridgehead atoms. The molecule has 1 heterocycles. The minimum Gasteiger partial charge on any atom is -0.385 e. The van der Waals surface area contributed by atoms with Crippen LogP contribution in [0.3, 0.4) is 0 Å². The molecule has 1 aromatic carbocycles. The topological polar surface area (TPSA) is 89.4 Å². The van der Waals surface area contributed by atoms with Crippen molar-refractivity contribution in [3.8, 4) is 0 Å². The highest BCUT2D eigenvalue weighted by molar-refractivity contribution is 5.95. The Morgan fingerprint density at radius 2 is 1.85 bits per heavy atom. The van der Waals surface area contributed by atoms with Crippen LogP contribution in [0.5, 0.6) is 0 Å². The molecule has 2 rings (SSSR count). The van der Waals surface area contributed by atoms with E-state index in [1.54, 1.807) is 43.6 Å². The summed E-state index contributed by atoms with van der Waals surface area (Å²) in [6, 6.07) is 9.72. The first-order valence-corrected chi connectivity index (χ1v) is 8.34. The van der Waals surface area contributed by atoms with E-state index in [0.717, 1.165) is 12.0 Å². The Morgan fingerprint density at radius 3 is 2.54 bits per heavy atom. The number of aryl methyl sites for hydroxylation is 1. The molecule has 2 amide bonds. The summed E-state index contributed by atoms with van der Waals surface area (Å²) < 4.78 is 6.28. The second-order valence-electron chi connectivity index (χ2n) is 5.90. The Balaban J connectivity index is 1.90. The largest absolute Gasteiger partial charge is 0.385 e. The van der Waals surface area contributed by atoms with Gasteiger partial charge in [-0.3, -0.25) is 14.4 Å². The minimum absolute atomic E-state index is 0.0672. The Labute approximate surface area is 152 Å². The van der Waals surface area contributed by atoms with Gasteiger partial charge in [-0.15, -0.1) is 0 Å². The molecule has 0 unspecified atom stereocenters. The van der Waals surface area contributed by atoms with Gasteiger partial charge in [0.05, 0.1) is 0 Å². The van der Waals surface area contributed by atoms with E-state index in [1.807, 2.05) is 6.92 Å². The number of hydrogen-bond donors (Lipinski definition) is 2. The van der Waals surface area contributed by atoms with Crippen molar-refractivity contribution < 1.29 is 14.3 Å². The number of pyridine rings is 1. The lowest BCUT2D eigenvalue weighted by Gasteiger charge is -2.09. The van der Waals surface area contributed by atoms with Gasteiger partial charge in [0, 0.05) is 43.8 Å². The van der Waals surface area contributed by atoms with Gasteiger partial charge in [0.1, 0.15) is 6.54 Å². The number of methoxy groups -OCH3 is 1. The van der Waals surface area contributed by atoms with Crippen molar-refractivity contribution in [1.82, 2.24) is 9.88 Å². The maximum atomic E-state index is 12.1. The molecule has 1 aromatic heterocycles. The first-order valence-electron chi connectivity index (χ1n) is 8.34. The van der Waals surface area contributed by atoms with Gasteiger partial charge in [0.2, 0.25) is 5.91 Å². The van der Waals surface area contributed by atoms with Gasteiger partial charge in [-0.2, -0.15) is 0 Å². The van der Waals surface area contributed by atoms with E-state index < -0.39 is 0 Å². The Hall–Kier alpha value is -2.93. The number of anilines is 1. The van der Waals surface area contributed by atoms with Crippen molar-refractivity contribution in [2.75, 3.05) is 25.6 Å². The van der Waals surface area contributed by atoms with Crippen molar-refractivity contribution in [1.29, 1.82) is 0 Å². The van der Waals surface area contributed by atoms with E-state index in [-0.39, 0.29) is 23.9 Å². The van der Waals surface area contributed by atoms with E-state index in [4.69, 9.17) is 4.74 Å². The fraction of sp³-hybridized carbons (Fsp3) is 0.316. The lowest BCUT2D eigenvalue weighted by Crippen LogP contribution is -2.27. The molecule has 0 fully saturated rings. The molecule has 0 aliphatic heterocycles. The van der Waals surface area contributed by atoms with Crippen LogP contribution in [-0.4, -0.2) is 36.6 Å². The fourth-order valence-electron chi connectivity index (χ4n) is 2.36. The summed E-state index contributed by atoms with van der Waals surface area (Å²) in [7, 11) is 1.62. The molecule has 0 saturated heterocycles. The number of carbonyl (C=O) groups excluding carboxylic acids is 2. The number of benzene rings is 1. The summed E-state index contributed by atoms with van der Waals surface area (Å²) in [5, 5.41) is 5.51. The molecule has 26 heavy (non-hydrogen) atoms. The van der Waals surface area contributed by atoms with E-state index in [1.165, 1.54) is 10.6 Å². The van der Waals surface area contributed by atoms with E-state index in [2.05, 4.69) is 10.6 Å². The number of ether oxygens (including phenoxy) is 1. The zero-order valence-corrected chi connectivity index (χ0v) is 15.0. The number of amides is 2. The molecule has 7 nitrogen and oxygen atoms in total. The Kier molecular flexibility index (Phi) is 7.11. The normalized spacial score (nSPS) is 10.4. The average Bonchev–Trinajstić information content (AvgIpc) is 2.62. The highest BCUT2D eigenvalue weighted by atomic mass is 16.5. The van der Waals surface area contributed by atoms with Gasteiger partial charge in [0.15, 0.2) is 0 Å². The van der Waals surface area contributed by atoms with Crippen molar-refractivity contribution in [3.05, 3.63) is 64.1 Å². The number of rotatable bonds is 8. The molecule has 0 aliphatic rings. The summed E-state index contributed by atoms with van der Waals surface area (Å²) in [5.74, 6) is -0.486. The lowest BCUT2D eigenvalue weighted by molar-refractivity contribution is -0.116. The van der Waals surface area contributed by atoms with Crippen molar-refractivity contribution in [2.45, 2.75) is 19.9 Å². The molecule has 0 atom stereocenters. The van der Waals surface area contributed by atoms with E-state index in [9.17, 15) is 14.4 Å². The second kappa shape index (κ2) is 9.53. The highest BCUT2D eigenvalue weighted by Crippen LogP contribution is 2.10. The number of carbonyl (C=O) groups is 2. The van der Waals surface area contributed by atoms with Gasteiger partial charge in [-0.05, 0) is 43.2 Å². The van der Waals surface area contributed by atoms with Crippen LogP contribution in [0.1, 0.15) is 22.3 Å². The smallest absolute Gasteiger partial charge is 0.251 e. The average molecular weight is 357 g/mol.